The zero-order valence-electron chi connectivity index (χ0n) is 15.4. The fraction of sp³-hybridized carbons (Fsp3) is 0.412. The molecule has 8 nitrogen and oxygen atoms in total. The molecule has 0 radical (unpaired) electrons. The number of anilines is 1. The highest BCUT2D eigenvalue weighted by molar-refractivity contribution is 7.98. The van der Waals surface area contributed by atoms with Crippen molar-refractivity contribution in [2.45, 2.75) is 24.3 Å². The quantitative estimate of drug-likeness (QED) is 0.644. The van der Waals surface area contributed by atoms with Gasteiger partial charge in [0, 0.05) is 17.1 Å². The molecule has 0 bridgehead atoms. The topological polar surface area (TPSA) is 107 Å². The second-order valence-electron chi connectivity index (χ2n) is 6.03. The SMILES string of the molecule is CSCC[C@H](NS(=O)(=O)c1ccc2c(c1)OCCO2)C(=O)Nc1ncc(C)s1. The highest BCUT2D eigenvalue weighted by atomic mass is 32.2. The molecule has 3 rings (SSSR count). The highest BCUT2D eigenvalue weighted by Crippen LogP contribution is 2.32. The number of nitrogens with one attached hydrogen (secondary N) is 2. The van der Waals surface area contributed by atoms with Crippen LogP contribution in [0.4, 0.5) is 5.13 Å². The molecule has 1 aromatic heterocycles. The third kappa shape index (κ3) is 5.16. The molecule has 11 heteroatoms. The van der Waals surface area contributed by atoms with Crippen LogP contribution >= 0.6 is 23.1 Å². The van der Waals surface area contributed by atoms with Gasteiger partial charge < -0.3 is 14.8 Å². The molecule has 0 unspecified atom stereocenters. The lowest BCUT2D eigenvalue weighted by molar-refractivity contribution is -0.117. The van der Waals surface area contributed by atoms with Crippen LogP contribution in [0.15, 0.2) is 29.3 Å². The number of nitrogens with zero attached hydrogens (tertiary/aromatic N) is 1. The first-order valence-electron chi connectivity index (χ1n) is 8.53. The molecule has 1 aromatic carbocycles. The lowest BCUT2D eigenvalue weighted by atomic mass is 10.2. The number of aromatic nitrogens is 1. The van der Waals surface area contributed by atoms with Gasteiger partial charge in [-0.2, -0.15) is 16.5 Å². The molecule has 1 amide bonds. The van der Waals surface area contributed by atoms with Crippen molar-refractivity contribution in [3.8, 4) is 11.5 Å². The zero-order valence-corrected chi connectivity index (χ0v) is 17.9. The van der Waals surface area contributed by atoms with Gasteiger partial charge in [-0.25, -0.2) is 13.4 Å². The molecule has 152 valence electrons. The van der Waals surface area contributed by atoms with Crippen LogP contribution in [-0.4, -0.2) is 50.6 Å². The van der Waals surface area contributed by atoms with Crippen molar-refractivity contribution in [1.82, 2.24) is 9.71 Å². The van der Waals surface area contributed by atoms with E-state index in [1.807, 2.05) is 13.2 Å². The number of thioether (sulfide) groups is 1. The van der Waals surface area contributed by atoms with Crippen LogP contribution in [-0.2, 0) is 14.8 Å². The van der Waals surface area contributed by atoms with Crippen LogP contribution in [0.3, 0.4) is 0 Å². The summed E-state index contributed by atoms with van der Waals surface area (Å²) in [7, 11) is -3.93. The first-order valence-corrected chi connectivity index (χ1v) is 12.2. The number of sulfonamides is 1. The Bertz CT molecular complexity index is 945. The summed E-state index contributed by atoms with van der Waals surface area (Å²) < 4.78 is 39.1. The smallest absolute Gasteiger partial charge is 0.244 e. The normalized spacial score (nSPS) is 14.5. The maximum atomic E-state index is 12.8. The Morgan fingerprint density at radius 2 is 2.07 bits per heavy atom. The fourth-order valence-corrected chi connectivity index (χ4v) is 4.91. The van der Waals surface area contributed by atoms with E-state index in [1.54, 1.807) is 12.3 Å². The van der Waals surface area contributed by atoms with E-state index in [2.05, 4.69) is 15.0 Å². The van der Waals surface area contributed by atoms with E-state index in [9.17, 15) is 13.2 Å². The minimum absolute atomic E-state index is 0.0174. The summed E-state index contributed by atoms with van der Waals surface area (Å²) in [5.41, 5.74) is 0. The molecule has 0 saturated carbocycles. The molecule has 0 spiro atoms. The fourth-order valence-electron chi connectivity index (χ4n) is 2.53. The Morgan fingerprint density at radius 1 is 1.32 bits per heavy atom. The van der Waals surface area contributed by atoms with Gasteiger partial charge in [-0.05, 0) is 37.5 Å². The lowest BCUT2D eigenvalue weighted by Gasteiger charge is -2.20. The van der Waals surface area contributed by atoms with Crippen molar-refractivity contribution < 1.29 is 22.7 Å². The molecule has 1 aliphatic rings. The predicted octanol–water partition coefficient (Wildman–Crippen LogP) is 2.26. The standard InChI is InChI=1S/C17H21N3O5S3/c1-11-10-18-17(27-11)19-16(21)13(5-8-26-2)20-28(22,23)12-3-4-14-15(9-12)25-7-6-24-14/h3-4,9-10,13,20H,5-8H2,1-2H3,(H,18,19,21)/t13-/m0/s1. The van der Waals surface area contributed by atoms with E-state index in [-0.39, 0.29) is 4.90 Å². The number of fused-ring (bicyclic) bond motifs is 1. The van der Waals surface area contributed by atoms with Crippen LogP contribution in [0, 0.1) is 6.92 Å². The van der Waals surface area contributed by atoms with Crippen molar-refractivity contribution >= 4 is 44.2 Å². The first kappa shape index (κ1) is 20.9. The van der Waals surface area contributed by atoms with Crippen molar-refractivity contribution in [3.05, 3.63) is 29.3 Å². The van der Waals surface area contributed by atoms with E-state index in [4.69, 9.17) is 9.47 Å². The van der Waals surface area contributed by atoms with Gasteiger partial charge in [-0.3, -0.25) is 4.79 Å². The number of hydrogen-bond donors (Lipinski definition) is 2. The van der Waals surface area contributed by atoms with Crippen molar-refractivity contribution in [1.29, 1.82) is 0 Å². The minimum Gasteiger partial charge on any atom is -0.486 e. The Morgan fingerprint density at radius 3 is 2.75 bits per heavy atom. The highest BCUT2D eigenvalue weighted by Gasteiger charge is 2.27. The monoisotopic (exact) mass is 443 g/mol. The molecule has 28 heavy (non-hydrogen) atoms. The van der Waals surface area contributed by atoms with Gasteiger partial charge in [0.2, 0.25) is 15.9 Å². The molecule has 0 saturated heterocycles. The molecule has 1 atom stereocenters. The molecular formula is C17H21N3O5S3. The van der Waals surface area contributed by atoms with Crippen LogP contribution in [0.25, 0.3) is 0 Å². The van der Waals surface area contributed by atoms with Crippen molar-refractivity contribution in [3.63, 3.8) is 0 Å². The maximum Gasteiger partial charge on any atom is 0.244 e. The van der Waals surface area contributed by atoms with Gasteiger partial charge in [0.15, 0.2) is 16.6 Å². The number of ether oxygens (including phenoxy) is 2. The number of thiazole rings is 1. The summed E-state index contributed by atoms with van der Waals surface area (Å²) in [6.45, 7) is 2.66. The molecule has 0 fully saturated rings. The third-order valence-corrected chi connectivity index (χ3v) is 6.84. The van der Waals surface area contributed by atoms with E-state index in [1.165, 1.54) is 35.2 Å². The Hall–Kier alpha value is -1.82. The van der Waals surface area contributed by atoms with Crippen molar-refractivity contribution in [2.75, 3.05) is 30.5 Å². The molecule has 1 aliphatic heterocycles. The third-order valence-electron chi connectivity index (χ3n) is 3.90. The van der Waals surface area contributed by atoms with E-state index in [0.29, 0.717) is 42.0 Å². The molecule has 0 aliphatic carbocycles. The summed E-state index contributed by atoms with van der Waals surface area (Å²) in [5.74, 6) is 1.06. The number of rotatable bonds is 8. The van der Waals surface area contributed by atoms with Crippen LogP contribution < -0.4 is 19.5 Å². The van der Waals surface area contributed by atoms with Crippen LogP contribution in [0.5, 0.6) is 11.5 Å². The lowest BCUT2D eigenvalue weighted by Crippen LogP contribution is -2.44. The Balaban J connectivity index is 1.77. The van der Waals surface area contributed by atoms with E-state index < -0.39 is 22.0 Å². The number of aryl methyl sites for hydroxylation is 1. The second-order valence-corrected chi connectivity index (χ2v) is 9.96. The number of benzene rings is 1. The zero-order chi connectivity index (χ0) is 20.1. The number of carbonyl (C=O) groups is 1. The summed E-state index contributed by atoms with van der Waals surface area (Å²) in [6, 6.07) is 3.47. The van der Waals surface area contributed by atoms with E-state index in [0.717, 1.165) is 4.88 Å². The molecule has 2 N–H and O–H groups in total. The maximum absolute atomic E-state index is 12.8. The Labute approximate surface area is 172 Å². The largest absolute Gasteiger partial charge is 0.486 e. The molecule has 2 aromatic rings. The van der Waals surface area contributed by atoms with Gasteiger partial charge in [0.25, 0.3) is 0 Å². The van der Waals surface area contributed by atoms with Gasteiger partial charge in [-0.1, -0.05) is 0 Å². The summed E-state index contributed by atoms with van der Waals surface area (Å²) in [4.78, 5) is 17.7. The minimum atomic E-state index is -3.93. The summed E-state index contributed by atoms with van der Waals surface area (Å²) in [6.07, 6.45) is 3.89. The first-order chi connectivity index (χ1) is 13.4. The van der Waals surface area contributed by atoms with Gasteiger partial charge in [0.1, 0.15) is 19.3 Å². The second kappa shape index (κ2) is 9.12. The number of hydrogen-bond acceptors (Lipinski definition) is 8. The molecular weight excluding hydrogens is 422 g/mol. The summed E-state index contributed by atoms with van der Waals surface area (Å²) >= 11 is 2.87. The van der Waals surface area contributed by atoms with Crippen LogP contribution in [0.2, 0.25) is 0 Å². The van der Waals surface area contributed by atoms with E-state index >= 15 is 0 Å². The van der Waals surface area contributed by atoms with Gasteiger partial charge >= 0.3 is 0 Å². The van der Waals surface area contributed by atoms with Gasteiger partial charge in [0.05, 0.1) is 4.90 Å². The molecule has 2 heterocycles. The average molecular weight is 444 g/mol. The van der Waals surface area contributed by atoms with Crippen LogP contribution in [0.1, 0.15) is 11.3 Å². The predicted molar refractivity (Wildman–Crippen MR) is 110 cm³/mol. The van der Waals surface area contributed by atoms with Gasteiger partial charge in [-0.15, -0.1) is 11.3 Å². The average Bonchev–Trinajstić information content (AvgIpc) is 3.09. The van der Waals surface area contributed by atoms with Crippen molar-refractivity contribution in [2.24, 2.45) is 0 Å². The summed E-state index contributed by atoms with van der Waals surface area (Å²) in [5, 5.41) is 3.12. The number of amides is 1. The Kier molecular flexibility index (Phi) is 6.81. The number of carbonyl (C=O) groups excluding carboxylic acids is 1.